The van der Waals surface area contributed by atoms with Crippen molar-refractivity contribution in [1.29, 1.82) is 0 Å². The van der Waals surface area contributed by atoms with Gasteiger partial charge < -0.3 is 10.0 Å². The van der Waals surface area contributed by atoms with E-state index in [-0.39, 0.29) is 28.3 Å². The molecule has 108 valence electrons. The summed E-state index contributed by atoms with van der Waals surface area (Å²) in [7, 11) is 1.65. The first kappa shape index (κ1) is 14.7. The molecule has 1 amide bonds. The summed E-state index contributed by atoms with van der Waals surface area (Å²) in [4.78, 5) is 23.9. The Kier molecular flexibility index (Phi) is 4.25. The average Bonchev–Trinajstić information content (AvgIpc) is 2.36. The van der Waals surface area contributed by atoms with E-state index in [0.717, 1.165) is 0 Å². The maximum atomic E-state index is 12.2. The number of nitro groups is 1. The van der Waals surface area contributed by atoms with Crippen molar-refractivity contribution in [1.82, 2.24) is 4.90 Å². The van der Waals surface area contributed by atoms with Gasteiger partial charge in [0.1, 0.15) is 5.02 Å². The van der Waals surface area contributed by atoms with E-state index in [1.54, 1.807) is 7.05 Å². The molecular weight excluding hydrogens is 284 g/mol. The Bertz CT molecular complexity index is 543. The minimum atomic E-state index is -0.610. The van der Waals surface area contributed by atoms with Crippen LogP contribution in [0.15, 0.2) is 18.2 Å². The second-order valence-electron chi connectivity index (χ2n) is 5.10. The molecule has 0 atom stereocenters. The highest BCUT2D eigenvalue weighted by Crippen LogP contribution is 2.29. The highest BCUT2D eigenvalue weighted by atomic mass is 35.5. The third-order valence-corrected chi connectivity index (χ3v) is 3.80. The highest BCUT2D eigenvalue weighted by Gasteiger charge is 2.29. The Morgan fingerprint density at radius 2 is 2.20 bits per heavy atom. The molecule has 7 heteroatoms. The van der Waals surface area contributed by atoms with E-state index < -0.39 is 4.92 Å². The summed E-state index contributed by atoms with van der Waals surface area (Å²) < 4.78 is 0. The molecule has 0 radical (unpaired) electrons. The van der Waals surface area contributed by atoms with Gasteiger partial charge in [0.2, 0.25) is 0 Å². The third kappa shape index (κ3) is 3.08. The Hall–Kier alpha value is -1.66. The molecule has 0 spiro atoms. The number of amides is 1. The molecule has 1 aromatic rings. The second-order valence-corrected chi connectivity index (χ2v) is 5.51. The van der Waals surface area contributed by atoms with Crippen molar-refractivity contribution < 1.29 is 14.8 Å². The van der Waals surface area contributed by atoms with Crippen LogP contribution in [0.5, 0.6) is 0 Å². The number of aliphatic hydroxyl groups is 1. The van der Waals surface area contributed by atoms with Crippen molar-refractivity contribution in [3.8, 4) is 0 Å². The molecule has 0 heterocycles. The van der Waals surface area contributed by atoms with Crippen LogP contribution < -0.4 is 0 Å². The average molecular weight is 299 g/mol. The van der Waals surface area contributed by atoms with Gasteiger partial charge in [-0.05, 0) is 30.9 Å². The van der Waals surface area contributed by atoms with E-state index in [9.17, 15) is 20.0 Å². The van der Waals surface area contributed by atoms with Gasteiger partial charge in [-0.25, -0.2) is 0 Å². The molecular formula is C13H15ClN2O4. The number of hydrogen-bond acceptors (Lipinski definition) is 4. The lowest BCUT2D eigenvalue weighted by Crippen LogP contribution is -2.39. The molecule has 1 saturated carbocycles. The molecule has 1 fully saturated rings. The van der Waals surface area contributed by atoms with Crippen molar-refractivity contribution in [2.75, 3.05) is 13.6 Å². The fourth-order valence-corrected chi connectivity index (χ4v) is 2.51. The van der Waals surface area contributed by atoms with Crippen molar-refractivity contribution in [2.24, 2.45) is 5.92 Å². The van der Waals surface area contributed by atoms with E-state index >= 15 is 0 Å². The fraction of sp³-hybridized carbons (Fsp3) is 0.462. The molecule has 1 aliphatic carbocycles. The Labute approximate surface area is 121 Å². The summed E-state index contributed by atoms with van der Waals surface area (Å²) in [5.41, 5.74) is -0.0338. The topological polar surface area (TPSA) is 83.7 Å². The normalized spacial score (nSPS) is 21.1. The van der Waals surface area contributed by atoms with E-state index in [0.29, 0.717) is 25.3 Å². The van der Waals surface area contributed by atoms with Crippen molar-refractivity contribution in [2.45, 2.75) is 18.9 Å². The van der Waals surface area contributed by atoms with Crippen molar-refractivity contribution in [3.63, 3.8) is 0 Å². The lowest BCUT2D eigenvalue weighted by Gasteiger charge is -2.34. The van der Waals surface area contributed by atoms with Crippen LogP contribution in [0, 0.1) is 16.0 Å². The quantitative estimate of drug-likeness (QED) is 0.681. The van der Waals surface area contributed by atoms with Crippen LogP contribution in [-0.4, -0.2) is 40.5 Å². The first-order valence-electron chi connectivity index (χ1n) is 6.26. The van der Waals surface area contributed by atoms with Gasteiger partial charge in [0.15, 0.2) is 0 Å². The van der Waals surface area contributed by atoms with Gasteiger partial charge in [-0.1, -0.05) is 11.6 Å². The minimum absolute atomic E-state index is 0.0105. The van der Waals surface area contributed by atoms with Gasteiger partial charge in [0.05, 0.1) is 11.0 Å². The second kappa shape index (κ2) is 5.76. The number of halogens is 1. The van der Waals surface area contributed by atoms with Crippen LogP contribution in [-0.2, 0) is 0 Å². The maximum absolute atomic E-state index is 12.2. The summed E-state index contributed by atoms with van der Waals surface area (Å²) >= 11 is 5.71. The predicted molar refractivity (Wildman–Crippen MR) is 73.8 cm³/mol. The smallest absolute Gasteiger partial charge is 0.288 e. The van der Waals surface area contributed by atoms with Gasteiger partial charge in [0.25, 0.3) is 11.6 Å². The molecule has 0 bridgehead atoms. The van der Waals surface area contributed by atoms with Crippen LogP contribution in [0.4, 0.5) is 5.69 Å². The molecule has 1 N–H and O–H groups in total. The molecule has 20 heavy (non-hydrogen) atoms. The van der Waals surface area contributed by atoms with Crippen LogP contribution in [0.3, 0.4) is 0 Å². The monoisotopic (exact) mass is 298 g/mol. The highest BCUT2D eigenvalue weighted by molar-refractivity contribution is 6.32. The van der Waals surface area contributed by atoms with Crippen LogP contribution in [0.25, 0.3) is 0 Å². The zero-order chi connectivity index (χ0) is 14.9. The van der Waals surface area contributed by atoms with Crippen molar-refractivity contribution >= 4 is 23.2 Å². The van der Waals surface area contributed by atoms with Gasteiger partial charge in [-0.3, -0.25) is 14.9 Å². The third-order valence-electron chi connectivity index (χ3n) is 3.48. The Morgan fingerprint density at radius 1 is 1.55 bits per heavy atom. The molecule has 2 rings (SSSR count). The molecule has 1 aliphatic rings. The lowest BCUT2D eigenvalue weighted by atomic mass is 9.82. The molecule has 0 aliphatic heterocycles. The predicted octanol–water partition coefficient (Wildman–Crippen LogP) is 2.09. The number of nitro benzene ring substituents is 1. The summed E-state index contributed by atoms with van der Waals surface area (Å²) in [5.74, 6) is 0.00684. The van der Waals surface area contributed by atoms with E-state index in [4.69, 9.17) is 11.6 Å². The molecule has 6 nitrogen and oxygen atoms in total. The summed E-state index contributed by atoms with van der Waals surface area (Å²) in [6, 6.07) is 4.02. The Balaban J connectivity index is 2.08. The summed E-state index contributed by atoms with van der Waals surface area (Å²) in [6.07, 6.45) is 1.12. The molecule has 1 aromatic carbocycles. The number of hydrogen-bond donors (Lipinski definition) is 1. The van der Waals surface area contributed by atoms with E-state index in [2.05, 4.69) is 0 Å². The van der Waals surface area contributed by atoms with E-state index in [1.807, 2.05) is 0 Å². The first-order valence-corrected chi connectivity index (χ1v) is 6.63. The molecule has 0 aromatic heterocycles. The van der Waals surface area contributed by atoms with Crippen molar-refractivity contribution in [3.05, 3.63) is 38.9 Å². The number of rotatable bonds is 4. The maximum Gasteiger partial charge on any atom is 0.288 e. The SMILES string of the molecule is CN(CC1CC(O)C1)C(=O)c1ccc(Cl)c([N+](=O)[O-])c1. The van der Waals surface area contributed by atoms with Crippen LogP contribution in [0.1, 0.15) is 23.2 Å². The van der Waals surface area contributed by atoms with E-state index in [1.165, 1.54) is 23.1 Å². The number of aliphatic hydroxyl groups excluding tert-OH is 1. The molecule has 0 saturated heterocycles. The summed E-state index contributed by atoms with van der Waals surface area (Å²) in [5, 5.41) is 20.0. The van der Waals surface area contributed by atoms with Gasteiger partial charge in [0, 0.05) is 25.2 Å². The number of carbonyl (C=O) groups excluding carboxylic acids is 1. The standard InChI is InChI=1S/C13H15ClN2O4/c1-15(7-8-4-10(17)5-8)13(18)9-2-3-11(14)12(6-9)16(19)20/h2-3,6,8,10,17H,4-5,7H2,1H3. The molecule has 0 unspecified atom stereocenters. The number of benzene rings is 1. The van der Waals surface area contributed by atoms with Gasteiger partial charge in [-0.2, -0.15) is 0 Å². The zero-order valence-electron chi connectivity index (χ0n) is 11.0. The fourth-order valence-electron chi connectivity index (χ4n) is 2.33. The van der Waals surface area contributed by atoms with Gasteiger partial charge >= 0.3 is 0 Å². The zero-order valence-corrected chi connectivity index (χ0v) is 11.7. The van der Waals surface area contributed by atoms with Gasteiger partial charge in [-0.15, -0.1) is 0 Å². The minimum Gasteiger partial charge on any atom is -0.393 e. The Morgan fingerprint density at radius 3 is 2.75 bits per heavy atom. The van der Waals surface area contributed by atoms with Crippen LogP contribution >= 0.6 is 11.6 Å². The number of carbonyl (C=O) groups is 1. The van der Waals surface area contributed by atoms with Crippen LogP contribution in [0.2, 0.25) is 5.02 Å². The first-order chi connectivity index (χ1) is 9.38. The number of nitrogens with zero attached hydrogens (tertiary/aromatic N) is 2. The lowest BCUT2D eigenvalue weighted by molar-refractivity contribution is -0.384. The summed E-state index contributed by atoms with van der Waals surface area (Å²) in [6.45, 7) is 0.534. The largest absolute Gasteiger partial charge is 0.393 e.